The van der Waals surface area contributed by atoms with E-state index in [-0.39, 0.29) is 11.9 Å². The Morgan fingerprint density at radius 2 is 1.85 bits per heavy atom. The molecule has 20 heavy (non-hydrogen) atoms. The van der Waals surface area contributed by atoms with Gasteiger partial charge < -0.3 is 10.2 Å². The van der Waals surface area contributed by atoms with Crippen LogP contribution in [0, 0.1) is 6.92 Å². The van der Waals surface area contributed by atoms with Crippen LogP contribution in [0.2, 0.25) is 0 Å². The summed E-state index contributed by atoms with van der Waals surface area (Å²) in [4.78, 5) is 23.1. The smallest absolute Gasteiger partial charge is 0.272 e. The number of carbonyl (C=O) groups excluding carboxylic acids is 1. The molecule has 0 radical (unpaired) electrons. The summed E-state index contributed by atoms with van der Waals surface area (Å²) in [6.07, 6.45) is 4.61. The molecule has 2 rings (SSSR count). The highest BCUT2D eigenvalue weighted by Gasteiger charge is 2.19. The molecule has 5 nitrogen and oxygen atoms in total. The largest absolute Gasteiger partial charge is 0.368 e. The van der Waals surface area contributed by atoms with Gasteiger partial charge in [-0.1, -0.05) is 12.8 Å². The van der Waals surface area contributed by atoms with Crippen molar-refractivity contribution < 1.29 is 4.79 Å². The summed E-state index contributed by atoms with van der Waals surface area (Å²) in [5, 5.41) is 3.23. The summed E-state index contributed by atoms with van der Waals surface area (Å²) in [6.45, 7) is 7.61. The van der Waals surface area contributed by atoms with E-state index in [9.17, 15) is 4.79 Å². The Morgan fingerprint density at radius 3 is 2.45 bits per heavy atom. The van der Waals surface area contributed by atoms with Crippen LogP contribution in [0.1, 0.15) is 55.8 Å². The minimum absolute atomic E-state index is 0.0317. The predicted molar refractivity (Wildman–Crippen MR) is 79.9 cm³/mol. The molecule has 1 amide bonds. The molecule has 0 saturated carbocycles. The molecule has 1 N–H and O–H groups in total. The number of amides is 1. The van der Waals surface area contributed by atoms with Gasteiger partial charge in [0, 0.05) is 25.2 Å². The molecular formula is C15H24N4O. The number of nitrogens with zero attached hydrogens (tertiary/aromatic N) is 3. The number of carbonyl (C=O) groups is 1. The second kappa shape index (κ2) is 6.68. The van der Waals surface area contributed by atoms with E-state index >= 15 is 0 Å². The highest BCUT2D eigenvalue weighted by molar-refractivity contribution is 5.93. The standard InChI is InChI=1S/C15H24N4O/c1-11(2)16-14-10-13(17-12(3)18-14)15(20)19-8-6-4-5-7-9-19/h10-11H,4-9H2,1-3H3,(H,16,17,18). The molecule has 2 heterocycles. The van der Waals surface area contributed by atoms with E-state index in [1.54, 1.807) is 6.07 Å². The second-order valence-corrected chi connectivity index (χ2v) is 5.69. The summed E-state index contributed by atoms with van der Waals surface area (Å²) < 4.78 is 0. The number of rotatable bonds is 3. The SMILES string of the molecule is Cc1nc(NC(C)C)cc(C(=O)N2CCCCCC2)n1. The Balaban J connectivity index is 2.17. The van der Waals surface area contributed by atoms with Gasteiger partial charge in [-0.25, -0.2) is 9.97 Å². The molecule has 1 aromatic heterocycles. The summed E-state index contributed by atoms with van der Waals surface area (Å²) in [5.74, 6) is 1.39. The Labute approximate surface area is 120 Å². The predicted octanol–water partition coefficient (Wildman–Crippen LogP) is 2.62. The van der Waals surface area contributed by atoms with E-state index in [1.165, 1.54) is 12.8 Å². The topological polar surface area (TPSA) is 58.1 Å². The Hall–Kier alpha value is -1.65. The number of hydrogen-bond donors (Lipinski definition) is 1. The Morgan fingerprint density at radius 1 is 1.20 bits per heavy atom. The second-order valence-electron chi connectivity index (χ2n) is 5.69. The van der Waals surface area contributed by atoms with Crippen molar-refractivity contribution in [3.8, 4) is 0 Å². The minimum Gasteiger partial charge on any atom is -0.368 e. The average molecular weight is 276 g/mol. The van der Waals surface area contributed by atoms with Crippen molar-refractivity contribution in [2.75, 3.05) is 18.4 Å². The molecule has 1 fully saturated rings. The molecule has 1 aliphatic rings. The molecule has 110 valence electrons. The van der Waals surface area contributed by atoms with Crippen LogP contribution in [0.15, 0.2) is 6.07 Å². The molecular weight excluding hydrogens is 252 g/mol. The minimum atomic E-state index is 0.0317. The van der Waals surface area contributed by atoms with Gasteiger partial charge in [0.1, 0.15) is 17.3 Å². The van der Waals surface area contributed by atoms with Crippen molar-refractivity contribution in [3.63, 3.8) is 0 Å². The van der Waals surface area contributed by atoms with Crippen LogP contribution < -0.4 is 5.32 Å². The number of anilines is 1. The third kappa shape index (κ3) is 3.92. The van der Waals surface area contributed by atoms with Gasteiger partial charge in [0.25, 0.3) is 5.91 Å². The number of aromatic nitrogens is 2. The molecule has 0 unspecified atom stereocenters. The monoisotopic (exact) mass is 276 g/mol. The van der Waals surface area contributed by atoms with Crippen molar-refractivity contribution in [1.29, 1.82) is 0 Å². The highest BCUT2D eigenvalue weighted by atomic mass is 16.2. The van der Waals surface area contributed by atoms with E-state index in [4.69, 9.17) is 0 Å². The zero-order valence-electron chi connectivity index (χ0n) is 12.6. The van der Waals surface area contributed by atoms with Gasteiger partial charge in [-0.15, -0.1) is 0 Å². The summed E-state index contributed by atoms with van der Waals surface area (Å²) in [7, 11) is 0. The van der Waals surface area contributed by atoms with Crippen molar-refractivity contribution >= 4 is 11.7 Å². The van der Waals surface area contributed by atoms with E-state index in [1.807, 2.05) is 25.7 Å². The fourth-order valence-electron chi connectivity index (χ4n) is 2.48. The number of hydrogen-bond acceptors (Lipinski definition) is 4. The zero-order chi connectivity index (χ0) is 14.5. The Kier molecular flexibility index (Phi) is 4.93. The van der Waals surface area contributed by atoms with Gasteiger partial charge in [0.15, 0.2) is 0 Å². The first-order chi connectivity index (χ1) is 9.56. The van der Waals surface area contributed by atoms with Gasteiger partial charge in [-0.05, 0) is 33.6 Å². The molecule has 0 aliphatic carbocycles. The molecule has 5 heteroatoms. The highest BCUT2D eigenvalue weighted by Crippen LogP contribution is 2.14. The molecule has 1 aromatic rings. The lowest BCUT2D eigenvalue weighted by atomic mass is 10.2. The average Bonchev–Trinajstić information content (AvgIpc) is 2.65. The quantitative estimate of drug-likeness (QED) is 0.922. The maximum atomic E-state index is 12.6. The lowest BCUT2D eigenvalue weighted by Crippen LogP contribution is -2.32. The number of aryl methyl sites for hydroxylation is 1. The maximum absolute atomic E-state index is 12.6. The summed E-state index contributed by atoms with van der Waals surface area (Å²) >= 11 is 0. The van der Waals surface area contributed by atoms with Crippen molar-refractivity contribution in [2.24, 2.45) is 0 Å². The lowest BCUT2D eigenvalue weighted by Gasteiger charge is -2.20. The molecule has 1 aliphatic heterocycles. The van der Waals surface area contributed by atoms with Crippen LogP contribution >= 0.6 is 0 Å². The van der Waals surface area contributed by atoms with Gasteiger partial charge in [-0.3, -0.25) is 4.79 Å². The van der Waals surface area contributed by atoms with Gasteiger partial charge in [-0.2, -0.15) is 0 Å². The first-order valence-corrected chi connectivity index (χ1v) is 7.48. The molecule has 0 spiro atoms. The number of likely N-dealkylation sites (tertiary alicyclic amines) is 1. The van der Waals surface area contributed by atoms with E-state index in [0.29, 0.717) is 11.5 Å². The number of nitrogens with one attached hydrogen (secondary N) is 1. The third-order valence-electron chi connectivity index (χ3n) is 3.39. The van der Waals surface area contributed by atoms with Crippen LogP contribution in [-0.2, 0) is 0 Å². The molecule has 0 aromatic carbocycles. The van der Waals surface area contributed by atoms with Crippen LogP contribution in [0.3, 0.4) is 0 Å². The Bertz CT molecular complexity index is 465. The van der Waals surface area contributed by atoms with Crippen molar-refractivity contribution in [3.05, 3.63) is 17.6 Å². The van der Waals surface area contributed by atoms with Gasteiger partial charge >= 0.3 is 0 Å². The molecule has 0 bridgehead atoms. The van der Waals surface area contributed by atoms with Crippen LogP contribution in [0.5, 0.6) is 0 Å². The van der Waals surface area contributed by atoms with E-state index in [2.05, 4.69) is 15.3 Å². The first-order valence-electron chi connectivity index (χ1n) is 7.48. The summed E-state index contributed by atoms with van der Waals surface area (Å²) in [5.41, 5.74) is 0.502. The van der Waals surface area contributed by atoms with Crippen LogP contribution in [0.25, 0.3) is 0 Å². The molecule has 0 atom stereocenters. The van der Waals surface area contributed by atoms with Gasteiger partial charge in [0.05, 0.1) is 0 Å². The van der Waals surface area contributed by atoms with Crippen LogP contribution in [0.4, 0.5) is 5.82 Å². The van der Waals surface area contributed by atoms with E-state index in [0.717, 1.165) is 31.7 Å². The fraction of sp³-hybridized carbons (Fsp3) is 0.667. The maximum Gasteiger partial charge on any atom is 0.272 e. The van der Waals surface area contributed by atoms with E-state index < -0.39 is 0 Å². The molecule has 1 saturated heterocycles. The summed E-state index contributed by atoms with van der Waals surface area (Å²) in [6, 6.07) is 2.05. The van der Waals surface area contributed by atoms with Crippen molar-refractivity contribution in [1.82, 2.24) is 14.9 Å². The fourth-order valence-corrected chi connectivity index (χ4v) is 2.48. The van der Waals surface area contributed by atoms with Crippen molar-refractivity contribution in [2.45, 2.75) is 52.5 Å². The zero-order valence-corrected chi connectivity index (χ0v) is 12.6. The van der Waals surface area contributed by atoms with Gasteiger partial charge in [0.2, 0.25) is 0 Å². The third-order valence-corrected chi connectivity index (χ3v) is 3.39. The van der Waals surface area contributed by atoms with Crippen LogP contribution in [-0.4, -0.2) is 39.9 Å². The lowest BCUT2D eigenvalue weighted by molar-refractivity contribution is 0.0755. The normalized spacial score (nSPS) is 16.1. The first kappa shape index (κ1) is 14.8.